The summed E-state index contributed by atoms with van der Waals surface area (Å²) in [4.78, 5) is 8.98. The number of ether oxygens (including phenoxy) is 2. The summed E-state index contributed by atoms with van der Waals surface area (Å²) in [6.45, 7) is 7.43. The number of hydrogen-bond donors (Lipinski definition) is 1. The van der Waals surface area contributed by atoms with Crippen LogP contribution in [0.25, 0.3) is 11.0 Å². The van der Waals surface area contributed by atoms with Crippen LogP contribution in [0.1, 0.15) is 39.0 Å². The zero-order chi connectivity index (χ0) is 16.2. The highest BCUT2D eigenvalue weighted by molar-refractivity contribution is 5.91. The summed E-state index contributed by atoms with van der Waals surface area (Å²) in [7, 11) is 1.76. The van der Waals surface area contributed by atoms with Gasteiger partial charge in [-0.25, -0.2) is 9.97 Å². The van der Waals surface area contributed by atoms with Crippen LogP contribution in [0, 0.1) is 5.41 Å². The Hall–Kier alpha value is -1.66. The smallest absolute Gasteiger partial charge is 0.147 e. The van der Waals surface area contributed by atoms with Crippen LogP contribution in [0.4, 0.5) is 5.82 Å². The predicted octanol–water partition coefficient (Wildman–Crippen LogP) is 2.75. The number of aromatic nitrogens is 3. The number of aryl methyl sites for hydroxylation is 1. The normalized spacial score (nSPS) is 29.5. The van der Waals surface area contributed by atoms with Crippen LogP contribution in [0.3, 0.4) is 0 Å². The zero-order valence-corrected chi connectivity index (χ0v) is 14.2. The number of nitrogens with zero attached hydrogens (tertiary/aromatic N) is 3. The maximum Gasteiger partial charge on any atom is 0.147 e. The minimum Gasteiger partial charge on any atom is -0.378 e. The third kappa shape index (κ3) is 2.08. The molecule has 0 unspecified atom stereocenters. The second-order valence-corrected chi connectivity index (χ2v) is 7.18. The minimum atomic E-state index is -0.139. The number of rotatable bonds is 2. The van der Waals surface area contributed by atoms with Gasteiger partial charge in [0.25, 0.3) is 0 Å². The van der Waals surface area contributed by atoms with Crippen LogP contribution in [0.5, 0.6) is 0 Å². The predicted molar refractivity (Wildman–Crippen MR) is 88.5 cm³/mol. The molecule has 2 aliphatic rings. The lowest BCUT2D eigenvalue weighted by Crippen LogP contribution is -2.35. The van der Waals surface area contributed by atoms with Gasteiger partial charge in [0.15, 0.2) is 0 Å². The summed E-state index contributed by atoms with van der Waals surface area (Å²) in [6.07, 6.45) is 5.98. The molecule has 1 fully saturated rings. The summed E-state index contributed by atoms with van der Waals surface area (Å²) in [5.74, 6) is 0.938. The molecule has 1 saturated heterocycles. The lowest BCUT2D eigenvalue weighted by molar-refractivity contribution is -0.0227. The van der Waals surface area contributed by atoms with E-state index in [9.17, 15) is 0 Å². The van der Waals surface area contributed by atoms with Gasteiger partial charge in [0.1, 0.15) is 24.0 Å². The fourth-order valence-electron chi connectivity index (χ4n) is 4.26. The quantitative estimate of drug-likeness (QED) is 0.923. The van der Waals surface area contributed by atoms with Crippen LogP contribution in [-0.4, -0.2) is 40.4 Å². The Balaban J connectivity index is 1.88. The molecule has 2 aliphatic heterocycles. The van der Waals surface area contributed by atoms with Gasteiger partial charge in [-0.1, -0.05) is 13.8 Å². The van der Waals surface area contributed by atoms with Crippen molar-refractivity contribution in [3.63, 3.8) is 0 Å². The Bertz CT molecular complexity index is 740. The Labute approximate surface area is 136 Å². The fourth-order valence-corrected chi connectivity index (χ4v) is 4.26. The van der Waals surface area contributed by atoms with E-state index in [0.29, 0.717) is 0 Å². The molecular formula is C17H24N4O2. The van der Waals surface area contributed by atoms with Crippen molar-refractivity contribution < 1.29 is 9.47 Å². The first-order valence-electron chi connectivity index (χ1n) is 8.30. The van der Waals surface area contributed by atoms with E-state index < -0.39 is 0 Å². The SMILES string of the molecule is CO[C@@H]1[C@@H](C)O[C@@H](n2cc3c4c(ncnc42)NCCC3)C1(C)C. The van der Waals surface area contributed by atoms with Gasteiger partial charge in [0.2, 0.25) is 0 Å². The summed E-state index contributed by atoms with van der Waals surface area (Å²) < 4.78 is 14.2. The summed E-state index contributed by atoms with van der Waals surface area (Å²) in [5.41, 5.74) is 2.11. The molecule has 0 aromatic carbocycles. The molecule has 4 heterocycles. The average Bonchev–Trinajstić information content (AvgIpc) is 2.88. The molecule has 0 radical (unpaired) electrons. The van der Waals surface area contributed by atoms with E-state index in [4.69, 9.17) is 9.47 Å². The van der Waals surface area contributed by atoms with Gasteiger partial charge < -0.3 is 19.4 Å². The zero-order valence-electron chi connectivity index (χ0n) is 14.2. The molecule has 23 heavy (non-hydrogen) atoms. The van der Waals surface area contributed by atoms with Crippen molar-refractivity contribution in [3.8, 4) is 0 Å². The van der Waals surface area contributed by atoms with E-state index >= 15 is 0 Å². The van der Waals surface area contributed by atoms with Crippen LogP contribution >= 0.6 is 0 Å². The monoisotopic (exact) mass is 316 g/mol. The van der Waals surface area contributed by atoms with Gasteiger partial charge in [-0.3, -0.25) is 0 Å². The number of hydrogen-bond acceptors (Lipinski definition) is 5. The Morgan fingerprint density at radius 3 is 2.96 bits per heavy atom. The molecule has 0 saturated carbocycles. The fraction of sp³-hybridized carbons (Fsp3) is 0.647. The molecule has 6 heteroatoms. The molecule has 6 nitrogen and oxygen atoms in total. The van der Waals surface area contributed by atoms with Gasteiger partial charge in [0.05, 0.1) is 17.6 Å². The van der Waals surface area contributed by atoms with Gasteiger partial charge in [-0.15, -0.1) is 0 Å². The Morgan fingerprint density at radius 2 is 2.22 bits per heavy atom. The third-order valence-electron chi connectivity index (χ3n) is 5.25. The Morgan fingerprint density at radius 1 is 1.39 bits per heavy atom. The third-order valence-corrected chi connectivity index (χ3v) is 5.25. The number of methoxy groups -OCH3 is 1. The first kappa shape index (κ1) is 14.9. The van der Waals surface area contributed by atoms with Crippen LogP contribution in [0.15, 0.2) is 12.5 Å². The van der Waals surface area contributed by atoms with Crippen molar-refractivity contribution in [1.82, 2.24) is 14.5 Å². The van der Waals surface area contributed by atoms with E-state index in [1.54, 1.807) is 13.4 Å². The van der Waals surface area contributed by atoms with Crippen molar-refractivity contribution in [2.24, 2.45) is 5.41 Å². The van der Waals surface area contributed by atoms with Crippen LogP contribution < -0.4 is 5.32 Å². The van der Waals surface area contributed by atoms with E-state index in [-0.39, 0.29) is 23.9 Å². The standard InChI is InChI=1S/C17H24N4O2/c1-10-13(22-4)17(2,3)16(23-10)21-8-11-6-5-7-18-14-12(11)15(21)20-9-19-14/h8-10,13,16H,5-7H2,1-4H3,(H,18,19,20)/t10-,13-,16-/m1/s1. The Kier molecular flexibility index (Phi) is 3.35. The van der Waals surface area contributed by atoms with Gasteiger partial charge in [0, 0.05) is 25.3 Å². The highest BCUT2D eigenvalue weighted by atomic mass is 16.6. The topological polar surface area (TPSA) is 61.2 Å². The lowest BCUT2D eigenvalue weighted by Gasteiger charge is -2.31. The molecule has 4 rings (SSSR count). The second-order valence-electron chi connectivity index (χ2n) is 7.18. The maximum atomic E-state index is 6.28. The molecular weight excluding hydrogens is 292 g/mol. The number of nitrogens with one attached hydrogen (secondary N) is 1. The van der Waals surface area contributed by atoms with E-state index in [0.717, 1.165) is 36.2 Å². The molecule has 2 aromatic rings. The van der Waals surface area contributed by atoms with E-state index in [2.05, 4.69) is 46.8 Å². The molecule has 0 amide bonds. The molecule has 3 atom stereocenters. The lowest BCUT2D eigenvalue weighted by atomic mass is 9.84. The van der Waals surface area contributed by atoms with Gasteiger partial charge >= 0.3 is 0 Å². The summed E-state index contributed by atoms with van der Waals surface area (Å²) in [5, 5.41) is 4.55. The number of anilines is 1. The first-order chi connectivity index (χ1) is 11.0. The van der Waals surface area contributed by atoms with Crippen LogP contribution in [-0.2, 0) is 15.9 Å². The molecule has 124 valence electrons. The van der Waals surface area contributed by atoms with Crippen LogP contribution in [0.2, 0.25) is 0 Å². The highest BCUT2D eigenvalue weighted by Gasteiger charge is 2.50. The van der Waals surface area contributed by atoms with E-state index in [1.165, 1.54) is 5.56 Å². The van der Waals surface area contributed by atoms with E-state index in [1.807, 2.05) is 0 Å². The van der Waals surface area contributed by atoms with Gasteiger partial charge in [-0.2, -0.15) is 0 Å². The largest absolute Gasteiger partial charge is 0.378 e. The van der Waals surface area contributed by atoms with Crippen molar-refractivity contribution in [1.29, 1.82) is 0 Å². The second kappa shape index (κ2) is 5.18. The summed E-state index contributed by atoms with van der Waals surface area (Å²) in [6, 6.07) is 0. The molecule has 0 spiro atoms. The van der Waals surface area contributed by atoms with Crippen molar-refractivity contribution >= 4 is 16.9 Å². The first-order valence-corrected chi connectivity index (χ1v) is 8.30. The minimum absolute atomic E-state index is 0.0493. The molecule has 2 aromatic heterocycles. The molecule has 0 aliphatic carbocycles. The molecule has 0 bridgehead atoms. The highest BCUT2D eigenvalue weighted by Crippen LogP contribution is 2.48. The average molecular weight is 316 g/mol. The maximum absolute atomic E-state index is 6.28. The van der Waals surface area contributed by atoms with Crippen molar-refractivity contribution in [2.45, 2.75) is 52.0 Å². The molecule has 1 N–H and O–H groups in total. The van der Waals surface area contributed by atoms with Gasteiger partial charge in [-0.05, 0) is 25.3 Å². The summed E-state index contributed by atoms with van der Waals surface area (Å²) >= 11 is 0. The van der Waals surface area contributed by atoms with Crippen molar-refractivity contribution in [2.75, 3.05) is 19.0 Å². The van der Waals surface area contributed by atoms with Crippen molar-refractivity contribution in [3.05, 3.63) is 18.1 Å².